The summed E-state index contributed by atoms with van der Waals surface area (Å²) >= 11 is 0. The van der Waals surface area contributed by atoms with Crippen LogP contribution < -0.4 is 0 Å². The third-order valence-corrected chi connectivity index (χ3v) is 12.1. The summed E-state index contributed by atoms with van der Waals surface area (Å²) < 4.78 is 36.8. The van der Waals surface area contributed by atoms with Crippen molar-refractivity contribution in [1.29, 1.82) is 0 Å². The van der Waals surface area contributed by atoms with E-state index in [-0.39, 0.29) is 31.6 Å². The molecule has 0 bridgehead atoms. The van der Waals surface area contributed by atoms with Gasteiger partial charge in [0.1, 0.15) is 24.7 Å². The number of ether oxygens (including phenoxy) is 6. The minimum absolute atomic E-state index is 0.113. The van der Waals surface area contributed by atoms with E-state index in [1.807, 2.05) is 89.2 Å². The zero-order valence-electron chi connectivity index (χ0n) is 35.2. The number of hydrogen-bond acceptors (Lipinski definition) is 14. The fraction of sp³-hybridized carbons (Fsp3) is 0.651. The van der Waals surface area contributed by atoms with Crippen LogP contribution in [0.4, 0.5) is 4.79 Å². The maximum atomic E-state index is 14.3. The van der Waals surface area contributed by atoms with E-state index >= 15 is 0 Å². The second kappa shape index (κ2) is 18.3. The van der Waals surface area contributed by atoms with Gasteiger partial charge in [0.25, 0.3) is 0 Å². The van der Waals surface area contributed by atoms with Crippen molar-refractivity contribution in [3.63, 3.8) is 0 Å². The van der Waals surface area contributed by atoms with Gasteiger partial charge in [-0.05, 0) is 84.8 Å². The maximum Gasteiger partial charge on any atom is 0.509 e. The number of aliphatic hydroxyl groups is 1. The molecule has 5 rings (SSSR count). The number of carbonyl (C=O) groups is 3. The molecule has 0 radical (unpaired) electrons. The Morgan fingerprint density at radius 3 is 2.46 bits per heavy atom. The van der Waals surface area contributed by atoms with Crippen LogP contribution in [-0.4, -0.2) is 120 Å². The lowest BCUT2D eigenvalue weighted by molar-refractivity contribution is -0.295. The number of carbonyl (C=O) groups excluding carboxylic acids is 3. The van der Waals surface area contributed by atoms with Crippen molar-refractivity contribution >= 4 is 40.6 Å². The lowest BCUT2D eigenvalue weighted by atomic mass is 9.74. The number of ketones is 1. The Kier molecular flexibility index (Phi) is 14.2. The predicted molar refractivity (Wildman–Crippen MR) is 213 cm³/mol. The molecule has 13 atom stereocenters. The third kappa shape index (κ3) is 9.52. The highest BCUT2D eigenvalue weighted by Crippen LogP contribution is 2.42. The molecule has 1 aromatic carbocycles. The topological polar surface area (TPSA) is 165 Å². The summed E-state index contributed by atoms with van der Waals surface area (Å²) in [6, 6.07) is 9.63. The van der Waals surface area contributed by atoms with Gasteiger partial charge in [0.2, 0.25) is 0 Å². The van der Waals surface area contributed by atoms with Crippen molar-refractivity contribution in [3.05, 3.63) is 48.2 Å². The second-order valence-electron chi connectivity index (χ2n) is 16.5. The molecule has 0 saturated carbocycles. The summed E-state index contributed by atoms with van der Waals surface area (Å²) in [6.45, 7) is 14.3. The Morgan fingerprint density at radius 2 is 1.77 bits per heavy atom. The van der Waals surface area contributed by atoms with Crippen molar-refractivity contribution in [1.82, 2.24) is 9.88 Å². The Balaban J connectivity index is 1.53. The number of para-hydroxylation sites is 1. The fourth-order valence-electron chi connectivity index (χ4n) is 8.75. The van der Waals surface area contributed by atoms with Gasteiger partial charge in [0.15, 0.2) is 23.8 Å². The van der Waals surface area contributed by atoms with Gasteiger partial charge in [-0.3, -0.25) is 14.6 Å². The highest BCUT2D eigenvalue weighted by molar-refractivity contribution is 6.00. The highest BCUT2D eigenvalue weighted by atomic mass is 16.8. The van der Waals surface area contributed by atoms with Crippen molar-refractivity contribution in [2.24, 2.45) is 28.8 Å². The summed E-state index contributed by atoms with van der Waals surface area (Å²) in [5.41, 5.74) is -0.326. The van der Waals surface area contributed by atoms with E-state index in [1.54, 1.807) is 27.0 Å². The van der Waals surface area contributed by atoms with Gasteiger partial charge in [0.05, 0.1) is 29.0 Å². The number of aliphatic hydroxyl groups excluding tert-OH is 1. The van der Waals surface area contributed by atoms with E-state index < -0.39 is 83.5 Å². The minimum atomic E-state index is -1.42. The van der Waals surface area contributed by atoms with Gasteiger partial charge in [-0.2, -0.15) is 0 Å². The Morgan fingerprint density at radius 1 is 1.05 bits per heavy atom. The average Bonchev–Trinajstić information content (AvgIpc) is 3.50. The molecular formula is C43H61N3O11. The molecule has 14 nitrogen and oxygen atoms in total. The van der Waals surface area contributed by atoms with Gasteiger partial charge in [-0.15, -0.1) is 0 Å². The number of methoxy groups -OCH3 is 1. The monoisotopic (exact) mass is 795 g/mol. The lowest BCUT2D eigenvalue weighted by Crippen LogP contribution is -2.59. The Bertz CT molecular complexity index is 1800. The molecule has 4 heterocycles. The largest absolute Gasteiger partial charge is 0.509 e. The number of rotatable bonds is 9. The number of hydrogen-bond donors (Lipinski definition) is 1. The zero-order chi connectivity index (χ0) is 41.8. The second-order valence-corrected chi connectivity index (χ2v) is 16.5. The number of cyclic esters (lactones) is 1. The lowest BCUT2D eigenvalue weighted by Gasteiger charge is -2.47. The number of esters is 1. The fourth-order valence-corrected chi connectivity index (χ4v) is 8.75. The SMILES string of the molecule is CC[C@H]1OC(=O)[C@H](C)C(=O)[C@H](C)[C@@H](O[C@H]2O[C@H](C)C[C@H](N(C)C)[C@H]2O)[C@](C)(OC)C[C@@H](C)/C(=N\OC/C=C/c2cnc3ccccc3c2)[C@H](C)[C@@H]2OC(=O)O[C@]12C. The van der Waals surface area contributed by atoms with Crippen molar-refractivity contribution < 1.29 is 52.7 Å². The molecule has 3 fully saturated rings. The molecule has 2 aromatic rings. The molecule has 3 saturated heterocycles. The summed E-state index contributed by atoms with van der Waals surface area (Å²) in [5.74, 6) is -4.41. The molecule has 0 unspecified atom stereocenters. The zero-order valence-corrected chi connectivity index (χ0v) is 35.2. The van der Waals surface area contributed by atoms with Crippen molar-refractivity contribution in [3.8, 4) is 0 Å². The van der Waals surface area contributed by atoms with Gasteiger partial charge < -0.3 is 43.3 Å². The first-order valence-corrected chi connectivity index (χ1v) is 20.0. The maximum absolute atomic E-state index is 14.3. The van der Waals surface area contributed by atoms with Crippen LogP contribution in [0, 0.1) is 23.7 Å². The highest BCUT2D eigenvalue weighted by Gasteiger charge is 2.58. The quantitative estimate of drug-likeness (QED) is 0.137. The molecular weight excluding hydrogens is 734 g/mol. The van der Waals surface area contributed by atoms with Crippen molar-refractivity contribution in [2.75, 3.05) is 27.8 Å². The van der Waals surface area contributed by atoms with Gasteiger partial charge in [-0.1, -0.05) is 57.1 Å². The van der Waals surface area contributed by atoms with Crippen molar-refractivity contribution in [2.45, 2.75) is 129 Å². The molecule has 14 heteroatoms. The standard InChI is InChI=1S/C43H61N3O11/c1-12-33-43(8)38(56-41(50)57-43)26(4)34(45-52-19-15-16-29-21-30-17-13-14-18-31(30)44-23-29)24(2)22-42(7,51-11)37(27(5)35(47)28(6)39(49)54-33)55-40-36(48)32(46(9)10)20-25(3)53-40/h13-18,21,23-28,32-33,36-38,40,48H,12,19-20,22H2,1-11H3/b16-15+,45-34+/t24-,25-,26+,27+,28-,32+,33-,36-,37-,38+,40-,42-,43-/m1/s1. The first-order chi connectivity index (χ1) is 26.9. The van der Waals surface area contributed by atoms with Gasteiger partial charge in [0, 0.05) is 42.5 Å². The van der Waals surface area contributed by atoms with Crippen LogP contribution in [0.3, 0.4) is 0 Å². The summed E-state index contributed by atoms with van der Waals surface area (Å²) in [7, 11) is 5.29. The van der Waals surface area contributed by atoms with Crippen LogP contribution >= 0.6 is 0 Å². The van der Waals surface area contributed by atoms with Gasteiger partial charge >= 0.3 is 12.1 Å². The van der Waals surface area contributed by atoms with Crippen LogP contribution in [-0.2, 0) is 42.8 Å². The van der Waals surface area contributed by atoms with Crippen LogP contribution in [0.15, 0.2) is 47.8 Å². The molecule has 57 heavy (non-hydrogen) atoms. The van der Waals surface area contributed by atoms with Crippen LogP contribution in [0.5, 0.6) is 0 Å². The first kappa shape index (κ1) is 44.2. The number of fused-ring (bicyclic) bond motifs is 2. The number of likely N-dealkylation sites (N-methyl/N-ethyl adjacent to an activating group) is 1. The molecule has 0 aliphatic carbocycles. The number of benzene rings is 1. The number of Topliss-reactive ketones (excluding diaryl/α,β-unsaturated/α-hetero) is 1. The number of nitrogens with zero attached hydrogens (tertiary/aromatic N) is 3. The molecule has 314 valence electrons. The first-order valence-electron chi connectivity index (χ1n) is 20.0. The van der Waals surface area contributed by atoms with Crippen LogP contribution in [0.25, 0.3) is 17.0 Å². The number of aromatic nitrogens is 1. The van der Waals surface area contributed by atoms with Gasteiger partial charge in [-0.25, -0.2) is 4.79 Å². The number of pyridine rings is 1. The number of oxime groups is 1. The molecule has 1 N–H and O–H groups in total. The molecule has 0 spiro atoms. The predicted octanol–water partition coefficient (Wildman–Crippen LogP) is 5.97. The summed E-state index contributed by atoms with van der Waals surface area (Å²) in [4.78, 5) is 53.4. The Labute approximate surface area is 336 Å². The summed E-state index contributed by atoms with van der Waals surface area (Å²) in [6.07, 6.45) is 0.367. The minimum Gasteiger partial charge on any atom is -0.457 e. The Hall–Kier alpha value is -3.95. The van der Waals surface area contributed by atoms with E-state index in [4.69, 9.17) is 33.3 Å². The van der Waals surface area contributed by atoms with E-state index in [0.29, 0.717) is 12.1 Å². The van der Waals surface area contributed by atoms with Crippen LogP contribution in [0.1, 0.15) is 80.2 Å². The normalized spacial score (nSPS) is 37.8. The van der Waals surface area contributed by atoms with Crippen LogP contribution in [0.2, 0.25) is 0 Å². The molecule has 0 amide bonds. The molecule has 3 aliphatic rings. The summed E-state index contributed by atoms with van der Waals surface area (Å²) in [5, 5.41) is 17.2. The van der Waals surface area contributed by atoms with E-state index in [9.17, 15) is 19.5 Å². The average molecular weight is 796 g/mol. The van der Waals surface area contributed by atoms with E-state index in [2.05, 4.69) is 10.1 Å². The smallest absolute Gasteiger partial charge is 0.457 e. The third-order valence-electron chi connectivity index (χ3n) is 12.1. The molecule has 1 aromatic heterocycles. The molecule has 3 aliphatic heterocycles. The van der Waals surface area contributed by atoms with E-state index in [1.165, 1.54) is 14.0 Å². The van der Waals surface area contributed by atoms with E-state index in [0.717, 1.165) is 16.5 Å².